The zero-order chi connectivity index (χ0) is 20.6. The summed E-state index contributed by atoms with van der Waals surface area (Å²) < 4.78 is 5.32. The van der Waals surface area contributed by atoms with Gasteiger partial charge in [0.15, 0.2) is 0 Å². The van der Waals surface area contributed by atoms with Gasteiger partial charge in [-0.3, -0.25) is 4.79 Å². The number of rotatable bonds is 8. The highest BCUT2D eigenvalue weighted by Crippen LogP contribution is 2.26. The zero-order valence-corrected chi connectivity index (χ0v) is 16.9. The first-order chi connectivity index (χ1) is 14.0. The van der Waals surface area contributed by atoms with Crippen LogP contribution >= 0.6 is 11.8 Å². The SMILES string of the molecule is COc1ccccc1Nc1nc(N)nc(CSC(C)C(=O)Nc2ccccc2)n1. The van der Waals surface area contributed by atoms with Gasteiger partial charge in [0.1, 0.15) is 11.6 Å². The standard InChI is InChI=1S/C20H22N6O2S/c1-13(18(27)22-14-8-4-3-5-9-14)29-12-17-24-19(21)26-20(25-17)23-15-10-6-7-11-16(15)28-2/h3-11,13H,12H2,1-2H3,(H,22,27)(H3,21,23,24,25,26). The number of para-hydroxylation sites is 3. The third kappa shape index (κ3) is 5.82. The Balaban J connectivity index is 1.63. The summed E-state index contributed by atoms with van der Waals surface area (Å²) in [6, 6.07) is 16.8. The van der Waals surface area contributed by atoms with Gasteiger partial charge >= 0.3 is 0 Å². The van der Waals surface area contributed by atoms with Crippen LogP contribution < -0.4 is 21.1 Å². The van der Waals surface area contributed by atoms with Crippen LogP contribution in [0.3, 0.4) is 0 Å². The lowest BCUT2D eigenvalue weighted by Crippen LogP contribution is -2.22. The quantitative estimate of drug-likeness (QED) is 0.517. The number of methoxy groups -OCH3 is 1. The summed E-state index contributed by atoms with van der Waals surface area (Å²) in [7, 11) is 1.59. The molecule has 4 N–H and O–H groups in total. The van der Waals surface area contributed by atoms with Gasteiger partial charge in [0.25, 0.3) is 0 Å². The Bertz CT molecular complexity index is 970. The Labute approximate surface area is 173 Å². The van der Waals surface area contributed by atoms with Gasteiger partial charge in [-0.15, -0.1) is 11.8 Å². The highest BCUT2D eigenvalue weighted by atomic mass is 32.2. The molecule has 0 bridgehead atoms. The molecule has 150 valence electrons. The first kappa shape index (κ1) is 20.4. The van der Waals surface area contributed by atoms with Crippen molar-refractivity contribution in [2.24, 2.45) is 0 Å². The number of hydrogen-bond acceptors (Lipinski definition) is 8. The van der Waals surface area contributed by atoms with Gasteiger partial charge in [0.05, 0.1) is 23.8 Å². The van der Waals surface area contributed by atoms with Crippen molar-refractivity contribution in [1.82, 2.24) is 15.0 Å². The van der Waals surface area contributed by atoms with Crippen LogP contribution in [0.15, 0.2) is 54.6 Å². The highest BCUT2D eigenvalue weighted by Gasteiger charge is 2.15. The monoisotopic (exact) mass is 410 g/mol. The van der Waals surface area contributed by atoms with Gasteiger partial charge in [0.2, 0.25) is 17.8 Å². The van der Waals surface area contributed by atoms with Crippen LogP contribution in [0, 0.1) is 0 Å². The van der Waals surface area contributed by atoms with E-state index in [9.17, 15) is 4.79 Å². The second-order valence-electron chi connectivity index (χ2n) is 6.07. The van der Waals surface area contributed by atoms with Crippen molar-refractivity contribution in [3.05, 3.63) is 60.4 Å². The van der Waals surface area contributed by atoms with Gasteiger partial charge in [-0.25, -0.2) is 0 Å². The molecule has 0 saturated carbocycles. The number of carbonyl (C=O) groups is 1. The number of thioether (sulfide) groups is 1. The van der Waals surface area contributed by atoms with E-state index < -0.39 is 0 Å². The lowest BCUT2D eigenvalue weighted by atomic mass is 10.3. The lowest BCUT2D eigenvalue weighted by molar-refractivity contribution is -0.115. The largest absolute Gasteiger partial charge is 0.495 e. The van der Waals surface area contributed by atoms with Gasteiger partial charge in [-0.05, 0) is 31.2 Å². The number of nitrogens with one attached hydrogen (secondary N) is 2. The van der Waals surface area contributed by atoms with Crippen molar-refractivity contribution in [3.63, 3.8) is 0 Å². The molecule has 1 unspecified atom stereocenters. The average molecular weight is 411 g/mol. The number of aromatic nitrogens is 3. The van der Waals surface area contributed by atoms with Crippen molar-refractivity contribution >= 4 is 40.9 Å². The number of hydrogen-bond donors (Lipinski definition) is 3. The molecule has 0 saturated heterocycles. The molecule has 0 aliphatic heterocycles. The number of ether oxygens (including phenoxy) is 1. The molecule has 0 aliphatic carbocycles. The molecule has 1 heterocycles. The summed E-state index contributed by atoms with van der Waals surface area (Å²) in [5.74, 6) is 1.90. The molecule has 1 aromatic heterocycles. The molecule has 1 amide bonds. The Kier molecular flexibility index (Phi) is 6.85. The second kappa shape index (κ2) is 9.74. The number of amides is 1. The number of nitrogens with zero attached hydrogens (tertiary/aromatic N) is 3. The lowest BCUT2D eigenvalue weighted by Gasteiger charge is -2.13. The van der Waals surface area contributed by atoms with E-state index in [-0.39, 0.29) is 17.1 Å². The van der Waals surface area contributed by atoms with Crippen LogP contribution in [-0.2, 0) is 10.5 Å². The predicted molar refractivity (Wildman–Crippen MR) is 116 cm³/mol. The van der Waals surface area contributed by atoms with Gasteiger partial charge in [0, 0.05) is 5.69 Å². The van der Waals surface area contributed by atoms with E-state index in [1.165, 1.54) is 11.8 Å². The summed E-state index contributed by atoms with van der Waals surface area (Å²) in [5.41, 5.74) is 7.31. The van der Waals surface area contributed by atoms with Crippen molar-refractivity contribution in [3.8, 4) is 5.75 Å². The number of benzene rings is 2. The Hall–Kier alpha value is -3.33. The van der Waals surface area contributed by atoms with Crippen molar-refractivity contribution < 1.29 is 9.53 Å². The minimum absolute atomic E-state index is 0.0874. The van der Waals surface area contributed by atoms with Crippen LogP contribution in [0.4, 0.5) is 23.3 Å². The molecular weight excluding hydrogens is 388 g/mol. The number of nitrogens with two attached hydrogens (primary N) is 1. The maximum absolute atomic E-state index is 12.3. The molecule has 1 atom stereocenters. The van der Waals surface area contributed by atoms with E-state index in [1.54, 1.807) is 7.11 Å². The fourth-order valence-corrected chi connectivity index (χ4v) is 3.21. The van der Waals surface area contributed by atoms with Crippen LogP contribution in [0.1, 0.15) is 12.7 Å². The van der Waals surface area contributed by atoms with Crippen LogP contribution in [0.5, 0.6) is 5.75 Å². The van der Waals surface area contributed by atoms with Gasteiger partial charge < -0.3 is 21.1 Å². The molecule has 9 heteroatoms. The first-order valence-corrected chi connectivity index (χ1v) is 9.98. The molecule has 0 fully saturated rings. The van der Waals surface area contributed by atoms with Crippen LogP contribution in [0.25, 0.3) is 0 Å². The number of carbonyl (C=O) groups excluding carboxylic acids is 1. The van der Waals surface area contributed by atoms with Crippen LogP contribution in [-0.4, -0.2) is 33.2 Å². The minimum atomic E-state index is -0.293. The van der Waals surface area contributed by atoms with E-state index in [0.717, 1.165) is 11.4 Å². The Morgan fingerprint density at radius 2 is 1.83 bits per heavy atom. The van der Waals surface area contributed by atoms with E-state index in [0.29, 0.717) is 23.3 Å². The molecule has 29 heavy (non-hydrogen) atoms. The van der Waals surface area contributed by atoms with Crippen molar-refractivity contribution in [1.29, 1.82) is 0 Å². The average Bonchev–Trinajstić information content (AvgIpc) is 2.72. The second-order valence-corrected chi connectivity index (χ2v) is 7.40. The summed E-state index contributed by atoms with van der Waals surface area (Å²) in [6.07, 6.45) is 0. The van der Waals surface area contributed by atoms with Crippen molar-refractivity contribution in [2.75, 3.05) is 23.5 Å². The van der Waals surface area contributed by atoms with Gasteiger partial charge in [-0.2, -0.15) is 15.0 Å². The summed E-state index contributed by atoms with van der Waals surface area (Å²) in [4.78, 5) is 25.0. The molecule has 3 aromatic rings. The fourth-order valence-electron chi connectivity index (χ4n) is 2.47. The summed E-state index contributed by atoms with van der Waals surface area (Å²) in [6.45, 7) is 1.83. The topological polar surface area (TPSA) is 115 Å². The smallest absolute Gasteiger partial charge is 0.237 e. The van der Waals surface area contributed by atoms with E-state index >= 15 is 0 Å². The maximum Gasteiger partial charge on any atom is 0.237 e. The molecule has 0 radical (unpaired) electrons. The normalized spacial score (nSPS) is 11.5. The Morgan fingerprint density at radius 1 is 1.10 bits per heavy atom. The molecule has 0 spiro atoms. The zero-order valence-electron chi connectivity index (χ0n) is 16.1. The van der Waals surface area contributed by atoms with E-state index in [2.05, 4.69) is 25.6 Å². The molecule has 8 nitrogen and oxygen atoms in total. The molecule has 0 aliphatic rings. The minimum Gasteiger partial charge on any atom is -0.495 e. The van der Waals surface area contributed by atoms with Gasteiger partial charge in [-0.1, -0.05) is 30.3 Å². The molecular formula is C20H22N6O2S. The number of anilines is 4. The first-order valence-electron chi connectivity index (χ1n) is 8.93. The third-order valence-corrected chi connectivity index (χ3v) is 5.06. The van der Waals surface area contributed by atoms with E-state index in [1.807, 2.05) is 61.5 Å². The maximum atomic E-state index is 12.3. The highest BCUT2D eigenvalue weighted by molar-refractivity contribution is 7.99. The summed E-state index contributed by atoms with van der Waals surface area (Å²) >= 11 is 1.42. The van der Waals surface area contributed by atoms with Crippen LogP contribution in [0.2, 0.25) is 0 Å². The summed E-state index contributed by atoms with van der Waals surface area (Å²) in [5, 5.41) is 5.68. The molecule has 2 aromatic carbocycles. The Morgan fingerprint density at radius 3 is 2.59 bits per heavy atom. The van der Waals surface area contributed by atoms with E-state index in [4.69, 9.17) is 10.5 Å². The third-order valence-electron chi connectivity index (χ3n) is 3.93. The fraction of sp³-hybridized carbons (Fsp3) is 0.200. The molecule has 3 rings (SSSR count). The number of nitrogen functional groups attached to an aromatic ring is 1. The van der Waals surface area contributed by atoms with Crippen molar-refractivity contribution in [2.45, 2.75) is 17.9 Å². The predicted octanol–water partition coefficient (Wildman–Crippen LogP) is 3.47.